The SMILES string of the molecule is COc1cc(C(=O)NC[C@@](O)(c2cc3c(c(-c4ccc(OC(F)F)cc4)n2)OC[C@H]3C)C(F)(F)F)cc2cn(C3CC3)nc12. The first kappa shape index (κ1) is 29.6. The molecule has 2 aromatic heterocycles. The van der Waals surface area contributed by atoms with E-state index in [1.165, 1.54) is 43.5 Å². The molecule has 1 aliphatic heterocycles. The van der Waals surface area contributed by atoms with Gasteiger partial charge in [0.1, 0.15) is 28.5 Å². The summed E-state index contributed by atoms with van der Waals surface area (Å²) < 4.78 is 86.3. The van der Waals surface area contributed by atoms with Crippen molar-refractivity contribution in [2.45, 2.75) is 50.1 Å². The highest BCUT2D eigenvalue weighted by Gasteiger charge is 2.57. The second-order valence-electron chi connectivity index (χ2n) is 10.9. The molecule has 1 aliphatic carbocycles. The van der Waals surface area contributed by atoms with E-state index in [1.54, 1.807) is 17.8 Å². The predicted molar refractivity (Wildman–Crippen MR) is 147 cm³/mol. The lowest BCUT2D eigenvalue weighted by atomic mass is 9.92. The summed E-state index contributed by atoms with van der Waals surface area (Å²) in [6.45, 7) is -2.42. The van der Waals surface area contributed by atoms with Gasteiger partial charge < -0.3 is 24.6 Å². The second kappa shape index (κ2) is 10.9. The first-order chi connectivity index (χ1) is 20.9. The Bertz CT molecular complexity index is 1720. The molecular formula is C30H27F5N4O5. The molecule has 2 atom stereocenters. The average molecular weight is 619 g/mol. The molecule has 14 heteroatoms. The van der Waals surface area contributed by atoms with Gasteiger partial charge in [-0.1, -0.05) is 6.92 Å². The number of aromatic nitrogens is 3. The largest absolute Gasteiger partial charge is 0.494 e. The Kier molecular flexibility index (Phi) is 7.34. The van der Waals surface area contributed by atoms with Crippen molar-refractivity contribution in [2.24, 2.45) is 0 Å². The lowest BCUT2D eigenvalue weighted by Gasteiger charge is -2.31. The number of pyridine rings is 1. The highest BCUT2D eigenvalue weighted by atomic mass is 19.4. The molecule has 3 heterocycles. The average Bonchev–Trinajstić information content (AvgIpc) is 3.64. The normalized spacial score (nSPS) is 17.7. The van der Waals surface area contributed by atoms with Crippen LogP contribution in [0.1, 0.15) is 53.3 Å². The smallest absolute Gasteiger partial charge is 0.424 e. The summed E-state index contributed by atoms with van der Waals surface area (Å²) in [7, 11) is 1.40. The van der Waals surface area contributed by atoms with Crippen LogP contribution in [0.2, 0.25) is 0 Å². The van der Waals surface area contributed by atoms with E-state index in [9.17, 15) is 31.9 Å². The molecule has 0 spiro atoms. The van der Waals surface area contributed by atoms with Crippen molar-refractivity contribution in [1.29, 1.82) is 0 Å². The van der Waals surface area contributed by atoms with Crippen LogP contribution in [0.4, 0.5) is 22.0 Å². The van der Waals surface area contributed by atoms with Crippen LogP contribution in [0.5, 0.6) is 17.2 Å². The number of benzene rings is 2. The minimum atomic E-state index is -5.26. The van der Waals surface area contributed by atoms with Crippen molar-refractivity contribution in [3.8, 4) is 28.5 Å². The fourth-order valence-electron chi connectivity index (χ4n) is 5.15. The number of halogens is 5. The number of ether oxygens (including phenoxy) is 3. The number of nitrogens with zero attached hydrogens (tertiary/aromatic N) is 3. The minimum absolute atomic E-state index is 0.0185. The lowest BCUT2D eigenvalue weighted by Crippen LogP contribution is -2.51. The van der Waals surface area contributed by atoms with Gasteiger partial charge in [-0.3, -0.25) is 9.48 Å². The number of alkyl halides is 5. The zero-order valence-electron chi connectivity index (χ0n) is 23.5. The number of amides is 1. The van der Waals surface area contributed by atoms with Crippen LogP contribution in [0.25, 0.3) is 22.2 Å². The van der Waals surface area contributed by atoms with Gasteiger partial charge in [0.15, 0.2) is 0 Å². The molecule has 9 nitrogen and oxygen atoms in total. The molecule has 0 unspecified atom stereocenters. The summed E-state index contributed by atoms with van der Waals surface area (Å²) in [5.74, 6) is -0.879. The summed E-state index contributed by atoms with van der Waals surface area (Å²) >= 11 is 0. The van der Waals surface area contributed by atoms with Gasteiger partial charge in [-0.2, -0.15) is 27.1 Å². The van der Waals surface area contributed by atoms with Crippen molar-refractivity contribution in [3.05, 3.63) is 65.5 Å². The van der Waals surface area contributed by atoms with Gasteiger partial charge in [0.05, 0.1) is 32.0 Å². The van der Waals surface area contributed by atoms with Crippen LogP contribution in [0.3, 0.4) is 0 Å². The van der Waals surface area contributed by atoms with Crippen LogP contribution in [-0.4, -0.2) is 58.8 Å². The highest BCUT2D eigenvalue weighted by molar-refractivity contribution is 5.99. The molecule has 44 heavy (non-hydrogen) atoms. The third-order valence-corrected chi connectivity index (χ3v) is 7.76. The Balaban J connectivity index is 1.33. The minimum Gasteiger partial charge on any atom is -0.494 e. The molecule has 0 radical (unpaired) electrons. The van der Waals surface area contributed by atoms with E-state index in [-0.39, 0.29) is 52.6 Å². The molecular weight excluding hydrogens is 591 g/mol. The third kappa shape index (κ3) is 5.38. The summed E-state index contributed by atoms with van der Waals surface area (Å²) in [5.41, 5.74) is -3.23. The van der Waals surface area contributed by atoms with Crippen molar-refractivity contribution >= 4 is 16.8 Å². The maximum atomic E-state index is 14.6. The first-order valence-electron chi connectivity index (χ1n) is 13.8. The van der Waals surface area contributed by atoms with Crippen LogP contribution >= 0.6 is 0 Å². The number of methoxy groups -OCH3 is 1. The number of fused-ring (bicyclic) bond motifs is 2. The molecule has 1 saturated carbocycles. The van der Waals surface area contributed by atoms with E-state index in [4.69, 9.17) is 9.47 Å². The van der Waals surface area contributed by atoms with Crippen molar-refractivity contribution in [1.82, 2.24) is 20.1 Å². The summed E-state index contributed by atoms with van der Waals surface area (Å²) in [5, 5.41) is 18.5. The molecule has 1 amide bonds. The molecule has 1 fully saturated rings. The lowest BCUT2D eigenvalue weighted by molar-refractivity contribution is -0.265. The Morgan fingerprint density at radius 1 is 1.18 bits per heavy atom. The van der Waals surface area contributed by atoms with Crippen LogP contribution in [-0.2, 0) is 5.60 Å². The van der Waals surface area contributed by atoms with Gasteiger partial charge in [-0.15, -0.1) is 0 Å². The Morgan fingerprint density at radius 3 is 2.55 bits per heavy atom. The number of carbonyl (C=O) groups excluding carboxylic acids is 1. The van der Waals surface area contributed by atoms with E-state index >= 15 is 0 Å². The third-order valence-electron chi connectivity index (χ3n) is 7.76. The maximum absolute atomic E-state index is 14.6. The van der Waals surface area contributed by atoms with E-state index in [2.05, 4.69) is 20.1 Å². The van der Waals surface area contributed by atoms with Gasteiger partial charge in [-0.05, 0) is 55.3 Å². The topological polar surface area (TPSA) is 108 Å². The molecule has 6 rings (SSSR count). The molecule has 0 saturated heterocycles. The van der Waals surface area contributed by atoms with Gasteiger partial charge in [0, 0.05) is 34.2 Å². The number of rotatable bonds is 9. The molecule has 2 aromatic carbocycles. The predicted octanol–water partition coefficient (Wildman–Crippen LogP) is 5.72. The second-order valence-corrected chi connectivity index (χ2v) is 10.9. The quantitative estimate of drug-likeness (QED) is 0.231. The number of hydrogen-bond donors (Lipinski definition) is 2. The van der Waals surface area contributed by atoms with Gasteiger partial charge in [0.25, 0.3) is 5.91 Å². The fourth-order valence-corrected chi connectivity index (χ4v) is 5.15. The van der Waals surface area contributed by atoms with Crippen LogP contribution < -0.4 is 19.5 Å². The first-order valence-corrected chi connectivity index (χ1v) is 13.8. The molecule has 2 N–H and O–H groups in total. The zero-order valence-corrected chi connectivity index (χ0v) is 23.5. The number of hydrogen-bond acceptors (Lipinski definition) is 7. The van der Waals surface area contributed by atoms with Crippen LogP contribution in [0, 0.1) is 0 Å². The highest BCUT2D eigenvalue weighted by Crippen LogP contribution is 2.46. The number of nitrogens with one attached hydrogen (secondary N) is 1. The van der Waals surface area contributed by atoms with E-state index < -0.39 is 36.5 Å². The number of aliphatic hydroxyl groups is 1. The molecule has 232 valence electrons. The van der Waals surface area contributed by atoms with E-state index in [0.29, 0.717) is 16.5 Å². The summed E-state index contributed by atoms with van der Waals surface area (Å²) in [6, 6.07) is 9.38. The zero-order chi connectivity index (χ0) is 31.4. The van der Waals surface area contributed by atoms with Gasteiger partial charge in [0.2, 0.25) is 5.60 Å². The molecule has 0 bridgehead atoms. The standard InChI is InChI=1S/C30H27F5N4O5/c1-15-13-43-26-21(15)11-23(37-25(26)16-3-7-20(8-4-16)44-28(31)32)29(41,30(33,34)35)14-36-27(40)17-9-18-12-39(19-5-6-19)38-24(18)22(10-17)42-2/h3-4,7-12,15,19,28,41H,5-6,13-14H2,1-2H3,(H,36,40)/t15-,29-/m1/s1. The summed E-state index contributed by atoms with van der Waals surface area (Å²) in [6.07, 6.45) is -1.56. The van der Waals surface area contributed by atoms with Gasteiger partial charge in [-0.25, -0.2) is 4.98 Å². The molecule has 4 aromatic rings. The van der Waals surface area contributed by atoms with Gasteiger partial charge >= 0.3 is 12.8 Å². The fraction of sp³-hybridized carbons (Fsp3) is 0.367. The van der Waals surface area contributed by atoms with E-state index in [0.717, 1.165) is 18.9 Å². The number of carbonyl (C=O) groups is 1. The van der Waals surface area contributed by atoms with Crippen molar-refractivity contribution in [2.75, 3.05) is 20.3 Å². The Labute approximate surface area is 247 Å². The Morgan fingerprint density at radius 2 is 1.91 bits per heavy atom. The molecule has 2 aliphatic rings. The van der Waals surface area contributed by atoms with E-state index in [1.807, 2.05) is 0 Å². The van der Waals surface area contributed by atoms with Crippen molar-refractivity contribution in [3.63, 3.8) is 0 Å². The monoisotopic (exact) mass is 618 g/mol. The van der Waals surface area contributed by atoms with Crippen molar-refractivity contribution < 1.29 is 46.1 Å². The maximum Gasteiger partial charge on any atom is 0.424 e. The summed E-state index contributed by atoms with van der Waals surface area (Å²) in [4.78, 5) is 17.3. The van der Waals surface area contributed by atoms with Crippen LogP contribution in [0.15, 0.2) is 48.7 Å². The Hall–Kier alpha value is -4.46.